The Bertz CT molecular complexity index is 274. The van der Waals surface area contributed by atoms with Crippen molar-refractivity contribution in [3.63, 3.8) is 0 Å². The van der Waals surface area contributed by atoms with Crippen LogP contribution in [0.2, 0.25) is 5.22 Å². The van der Waals surface area contributed by atoms with Crippen molar-refractivity contribution in [2.45, 2.75) is 0 Å². The largest absolute Gasteiger partial charge is 0.452 e. The summed E-state index contributed by atoms with van der Waals surface area (Å²) >= 11 is 8.76. The van der Waals surface area contributed by atoms with Crippen molar-refractivity contribution in [2.24, 2.45) is 0 Å². The first-order valence-electron chi connectivity index (χ1n) is 3.33. The Labute approximate surface area is 83.2 Å². The van der Waals surface area contributed by atoms with Crippen LogP contribution in [0.15, 0.2) is 16.7 Å². The maximum atomic E-state index is 11.2. The van der Waals surface area contributed by atoms with Gasteiger partial charge in [0.1, 0.15) is 0 Å². The van der Waals surface area contributed by atoms with E-state index in [9.17, 15) is 4.79 Å². The zero-order valence-electron chi connectivity index (χ0n) is 6.14. The second-order valence-electron chi connectivity index (χ2n) is 2.05. The maximum Gasteiger partial charge on any atom is 0.256 e. The fourth-order valence-electron chi connectivity index (χ4n) is 0.712. The van der Waals surface area contributed by atoms with Gasteiger partial charge >= 0.3 is 0 Å². The van der Waals surface area contributed by atoms with E-state index in [0.717, 1.165) is 0 Å². The van der Waals surface area contributed by atoms with Crippen LogP contribution in [0.5, 0.6) is 0 Å². The predicted octanol–water partition coefficient (Wildman–Crippen LogP) is 2.06. The summed E-state index contributed by atoms with van der Waals surface area (Å²) in [5.41, 5.74) is 0.373. The van der Waals surface area contributed by atoms with E-state index >= 15 is 0 Å². The van der Waals surface area contributed by atoms with Crippen molar-refractivity contribution in [3.8, 4) is 0 Å². The smallest absolute Gasteiger partial charge is 0.256 e. The minimum Gasteiger partial charge on any atom is -0.452 e. The van der Waals surface area contributed by atoms with Gasteiger partial charge in [-0.25, -0.2) is 0 Å². The molecule has 1 N–H and O–H groups in total. The first-order chi connectivity index (χ1) is 5.75. The third-order valence-corrected chi connectivity index (χ3v) is 1.93. The molecule has 0 atom stereocenters. The van der Waals surface area contributed by atoms with Crippen LogP contribution in [0.1, 0.15) is 10.4 Å². The predicted molar refractivity (Wildman–Crippen MR) is 49.8 cm³/mol. The number of rotatable bonds is 3. The van der Waals surface area contributed by atoms with Gasteiger partial charge in [-0.05, 0) is 17.7 Å². The van der Waals surface area contributed by atoms with Crippen molar-refractivity contribution in [1.29, 1.82) is 0 Å². The SMILES string of the molecule is O=C(NCCBr)c1ccoc1Cl. The molecule has 0 radical (unpaired) electrons. The quantitative estimate of drug-likeness (QED) is 0.837. The van der Waals surface area contributed by atoms with Crippen molar-refractivity contribution in [3.05, 3.63) is 23.1 Å². The highest BCUT2D eigenvalue weighted by Gasteiger charge is 2.11. The Balaban J connectivity index is 2.59. The lowest BCUT2D eigenvalue weighted by molar-refractivity contribution is 0.0956. The summed E-state index contributed by atoms with van der Waals surface area (Å²) in [6, 6.07) is 1.53. The number of carbonyl (C=O) groups is 1. The fraction of sp³-hybridized carbons (Fsp3) is 0.286. The molecule has 0 aliphatic carbocycles. The molecule has 1 amide bonds. The molecular formula is C7H7BrClNO2. The highest BCUT2D eigenvalue weighted by Crippen LogP contribution is 2.15. The zero-order valence-corrected chi connectivity index (χ0v) is 8.48. The van der Waals surface area contributed by atoms with E-state index in [0.29, 0.717) is 17.4 Å². The van der Waals surface area contributed by atoms with E-state index in [1.807, 2.05) is 0 Å². The Morgan fingerprint density at radius 2 is 2.50 bits per heavy atom. The minimum atomic E-state index is -0.215. The molecule has 0 spiro atoms. The second kappa shape index (κ2) is 4.52. The molecule has 0 fully saturated rings. The number of nitrogens with one attached hydrogen (secondary N) is 1. The van der Waals surface area contributed by atoms with Gasteiger partial charge in [-0.2, -0.15) is 0 Å². The normalized spacial score (nSPS) is 9.83. The lowest BCUT2D eigenvalue weighted by Gasteiger charge is -1.99. The number of hydrogen-bond acceptors (Lipinski definition) is 2. The van der Waals surface area contributed by atoms with Crippen LogP contribution < -0.4 is 5.32 Å². The molecule has 0 saturated carbocycles. The standard InChI is InChI=1S/C7H7BrClNO2/c8-2-3-10-7(11)5-1-4-12-6(5)9/h1,4H,2-3H2,(H,10,11). The average molecular weight is 252 g/mol. The average Bonchev–Trinajstić information content (AvgIpc) is 2.47. The summed E-state index contributed by atoms with van der Waals surface area (Å²) in [5, 5.41) is 3.49. The van der Waals surface area contributed by atoms with Crippen LogP contribution in [0, 0.1) is 0 Å². The molecule has 0 bridgehead atoms. The summed E-state index contributed by atoms with van der Waals surface area (Å²) in [4.78, 5) is 11.2. The van der Waals surface area contributed by atoms with Gasteiger partial charge in [-0.3, -0.25) is 4.79 Å². The van der Waals surface area contributed by atoms with E-state index in [1.54, 1.807) is 0 Å². The molecule has 0 unspecified atom stereocenters. The van der Waals surface area contributed by atoms with Gasteiger partial charge in [-0.15, -0.1) is 0 Å². The van der Waals surface area contributed by atoms with Gasteiger partial charge in [0.2, 0.25) is 5.22 Å². The highest BCUT2D eigenvalue weighted by molar-refractivity contribution is 9.09. The van der Waals surface area contributed by atoms with Crippen LogP contribution in [-0.4, -0.2) is 17.8 Å². The van der Waals surface area contributed by atoms with Gasteiger partial charge in [0.15, 0.2) is 0 Å². The van der Waals surface area contributed by atoms with Crippen LogP contribution >= 0.6 is 27.5 Å². The van der Waals surface area contributed by atoms with Crippen molar-refractivity contribution < 1.29 is 9.21 Å². The zero-order chi connectivity index (χ0) is 8.97. The molecular weight excluding hydrogens is 245 g/mol. The Hall–Kier alpha value is -0.480. The first kappa shape index (κ1) is 9.61. The Morgan fingerprint density at radius 3 is 3.00 bits per heavy atom. The topological polar surface area (TPSA) is 42.2 Å². The van der Waals surface area contributed by atoms with Crippen LogP contribution in [-0.2, 0) is 0 Å². The summed E-state index contributed by atoms with van der Waals surface area (Å²) in [5.74, 6) is -0.215. The molecule has 1 aromatic heterocycles. The van der Waals surface area contributed by atoms with Crippen molar-refractivity contribution >= 4 is 33.4 Å². The van der Waals surface area contributed by atoms with Gasteiger partial charge in [0, 0.05) is 11.9 Å². The van der Waals surface area contributed by atoms with Gasteiger partial charge < -0.3 is 9.73 Å². The minimum absolute atomic E-state index is 0.127. The van der Waals surface area contributed by atoms with Gasteiger partial charge in [0.25, 0.3) is 5.91 Å². The molecule has 0 saturated heterocycles. The van der Waals surface area contributed by atoms with Crippen LogP contribution in [0.4, 0.5) is 0 Å². The summed E-state index contributed by atoms with van der Waals surface area (Å²) in [7, 11) is 0. The molecule has 0 aliphatic heterocycles. The number of hydrogen-bond donors (Lipinski definition) is 1. The van der Waals surface area contributed by atoms with E-state index in [2.05, 4.69) is 21.2 Å². The van der Waals surface area contributed by atoms with Crippen molar-refractivity contribution in [1.82, 2.24) is 5.32 Å². The molecule has 5 heteroatoms. The first-order valence-corrected chi connectivity index (χ1v) is 4.83. The molecule has 1 rings (SSSR count). The van der Waals surface area contributed by atoms with Gasteiger partial charge in [0.05, 0.1) is 11.8 Å². The number of halogens is 2. The Kier molecular flexibility index (Phi) is 3.62. The lowest BCUT2D eigenvalue weighted by atomic mass is 10.3. The molecule has 0 aromatic carbocycles. The van der Waals surface area contributed by atoms with Crippen LogP contribution in [0.3, 0.4) is 0 Å². The van der Waals surface area contributed by atoms with E-state index in [-0.39, 0.29) is 11.1 Å². The summed E-state index contributed by atoms with van der Waals surface area (Å²) < 4.78 is 4.76. The molecule has 0 aliphatic rings. The fourth-order valence-corrected chi connectivity index (χ4v) is 1.11. The summed E-state index contributed by atoms with van der Waals surface area (Å²) in [6.45, 7) is 0.570. The molecule has 12 heavy (non-hydrogen) atoms. The highest BCUT2D eigenvalue weighted by atomic mass is 79.9. The lowest BCUT2D eigenvalue weighted by Crippen LogP contribution is -2.24. The third-order valence-electron chi connectivity index (χ3n) is 1.24. The molecule has 1 heterocycles. The number of carbonyl (C=O) groups excluding carboxylic acids is 1. The summed E-state index contributed by atoms with van der Waals surface area (Å²) in [6.07, 6.45) is 1.38. The van der Waals surface area contributed by atoms with E-state index in [1.165, 1.54) is 12.3 Å². The number of alkyl halides is 1. The van der Waals surface area contributed by atoms with Crippen LogP contribution in [0.25, 0.3) is 0 Å². The van der Waals surface area contributed by atoms with E-state index < -0.39 is 0 Å². The molecule has 3 nitrogen and oxygen atoms in total. The maximum absolute atomic E-state index is 11.2. The van der Waals surface area contributed by atoms with Crippen molar-refractivity contribution in [2.75, 3.05) is 11.9 Å². The van der Waals surface area contributed by atoms with E-state index in [4.69, 9.17) is 16.0 Å². The van der Waals surface area contributed by atoms with Gasteiger partial charge in [-0.1, -0.05) is 15.9 Å². The molecule has 1 aromatic rings. The third kappa shape index (κ3) is 2.25. The monoisotopic (exact) mass is 251 g/mol. The number of amides is 1. The molecule has 66 valence electrons. The number of furan rings is 1. The Morgan fingerprint density at radius 1 is 1.75 bits per heavy atom. The second-order valence-corrected chi connectivity index (χ2v) is 3.19.